The Morgan fingerprint density at radius 2 is 2.44 bits per heavy atom. The summed E-state index contributed by atoms with van der Waals surface area (Å²) in [5.74, 6) is 0.630. The third-order valence-electron chi connectivity index (χ3n) is 3.59. The molecule has 0 radical (unpaired) electrons. The van der Waals surface area contributed by atoms with E-state index in [9.17, 15) is 0 Å². The number of nitrogens with one attached hydrogen (secondary N) is 1. The molecule has 0 aliphatic carbocycles. The minimum Gasteiger partial charge on any atom is -0.472 e. The van der Waals surface area contributed by atoms with Gasteiger partial charge in [-0.25, -0.2) is 0 Å². The van der Waals surface area contributed by atoms with Gasteiger partial charge >= 0.3 is 0 Å². The summed E-state index contributed by atoms with van der Waals surface area (Å²) < 4.78 is 10.9. The van der Waals surface area contributed by atoms with Crippen LogP contribution < -0.4 is 5.32 Å². The summed E-state index contributed by atoms with van der Waals surface area (Å²) in [6.07, 6.45) is 7.29. The molecular formula is C13H21NO2. The molecular weight excluding hydrogens is 202 g/mol. The second-order valence-electron chi connectivity index (χ2n) is 4.50. The first kappa shape index (κ1) is 11.7. The highest BCUT2D eigenvalue weighted by molar-refractivity contribution is 5.08. The molecule has 0 amide bonds. The van der Waals surface area contributed by atoms with Gasteiger partial charge in [-0.15, -0.1) is 0 Å². The standard InChI is InChI=1S/C13H21NO2/c1-3-13-11(5-7-16-13)12(14-2)8-10-4-6-15-9-10/h4,6,9,11-14H,3,5,7-8H2,1-2H3. The van der Waals surface area contributed by atoms with Crippen molar-refractivity contribution in [1.29, 1.82) is 0 Å². The number of furan rings is 1. The van der Waals surface area contributed by atoms with Crippen molar-refractivity contribution in [2.24, 2.45) is 5.92 Å². The van der Waals surface area contributed by atoms with Crippen molar-refractivity contribution in [2.75, 3.05) is 13.7 Å². The van der Waals surface area contributed by atoms with E-state index in [4.69, 9.17) is 9.15 Å². The summed E-state index contributed by atoms with van der Waals surface area (Å²) in [6, 6.07) is 2.53. The lowest BCUT2D eigenvalue weighted by Crippen LogP contribution is -2.39. The maximum atomic E-state index is 5.75. The molecule has 3 nitrogen and oxygen atoms in total. The van der Waals surface area contributed by atoms with Gasteiger partial charge in [0.1, 0.15) is 0 Å². The van der Waals surface area contributed by atoms with Gasteiger partial charge in [-0.2, -0.15) is 0 Å². The highest BCUT2D eigenvalue weighted by Gasteiger charge is 2.32. The van der Waals surface area contributed by atoms with E-state index in [1.54, 1.807) is 6.26 Å². The lowest BCUT2D eigenvalue weighted by atomic mass is 9.88. The Kier molecular flexibility index (Phi) is 4.02. The van der Waals surface area contributed by atoms with E-state index in [1.165, 1.54) is 12.0 Å². The third-order valence-corrected chi connectivity index (χ3v) is 3.59. The molecule has 0 spiro atoms. The van der Waals surface area contributed by atoms with Gasteiger partial charge in [0.05, 0.1) is 18.6 Å². The summed E-state index contributed by atoms with van der Waals surface area (Å²) in [7, 11) is 2.04. The Labute approximate surface area is 97.2 Å². The van der Waals surface area contributed by atoms with Crippen LogP contribution in [0.1, 0.15) is 25.3 Å². The topological polar surface area (TPSA) is 34.4 Å². The van der Waals surface area contributed by atoms with Crippen LogP contribution in [0.5, 0.6) is 0 Å². The monoisotopic (exact) mass is 223 g/mol. The molecule has 3 heteroatoms. The smallest absolute Gasteiger partial charge is 0.0935 e. The van der Waals surface area contributed by atoms with Crippen molar-refractivity contribution in [2.45, 2.75) is 38.3 Å². The normalized spacial score (nSPS) is 27.1. The first-order chi connectivity index (χ1) is 7.85. The molecule has 0 saturated carbocycles. The van der Waals surface area contributed by atoms with E-state index >= 15 is 0 Å². The zero-order valence-electron chi connectivity index (χ0n) is 10.1. The average molecular weight is 223 g/mol. The summed E-state index contributed by atoms with van der Waals surface area (Å²) in [5.41, 5.74) is 1.26. The van der Waals surface area contributed by atoms with E-state index in [2.05, 4.69) is 12.2 Å². The van der Waals surface area contributed by atoms with Gasteiger partial charge < -0.3 is 14.5 Å². The Morgan fingerprint density at radius 1 is 1.56 bits per heavy atom. The summed E-state index contributed by atoms with van der Waals surface area (Å²) in [5, 5.41) is 3.42. The SMILES string of the molecule is CCC1OCCC1C(Cc1ccoc1)NC. The van der Waals surface area contributed by atoms with E-state index < -0.39 is 0 Å². The fourth-order valence-corrected chi connectivity index (χ4v) is 2.68. The van der Waals surface area contributed by atoms with Crippen LogP contribution in [0.4, 0.5) is 0 Å². The number of ether oxygens (including phenoxy) is 1. The largest absolute Gasteiger partial charge is 0.472 e. The predicted octanol–water partition coefficient (Wildman–Crippen LogP) is 2.23. The van der Waals surface area contributed by atoms with Crippen molar-refractivity contribution >= 4 is 0 Å². The molecule has 1 saturated heterocycles. The lowest BCUT2D eigenvalue weighted by molar-refractivity contribution is 0.0783. The number of rotatable bonds is 5. The number of hydrogen-bond donors (Lipinski definition) is 1. The van der Waals surface area contributed by atoms with Gasteiger partial charge in [0.25, 0.3) is 0 Å². The van der Waals surface area contributed by atoms with Crippen molar-refractivity contribution in [1.82, 2.24) is 5.32 Å². The van der Waals surface area contributed by atoms with Gasteiger partial charge in [-0.05, 0) is 37.9 Å². The van der Waals surface area contributed by atoms with Crippen LogP contribution in [-0.4, -0.2) is 25.8 Å². The van der Waals surface area contributed by atoms with Crippen LogP contribution in [-0.2, 0) is 11.2 Å². The molecule has 90 valence electrons. The van der Waals surface area contributed by atoms with Crippen molar-refractivity contribution in [3.05, 3.63) is 24.2 Å². The van der Waals surface area contributed by atoms with E-state index in [1.807, 2.05) is 19.4 Å². The average Bonchev–Trinajstić information content (AvgIpc) is 2.96. The molecule has 2 rings (SSSR count). The molecule has 3 unspecified atom stereocenters. The Balaban J connectivity index is 1.98. The highest BCUT2D eigenvalue weighted by Crippen LogP contribution is 2.28. The summed E-state index contributed by atoms with van der Waals surface area (Å²) >= 11 is 0. The fourth-order valence-electron chi connectivity index (χ4n) is 2.68. The summed E-state index contributed by atoms with van der Waals surface area (Å²) in [6.45, 7) is 3.11. The highest BCUT2D eigenvalue weighted by atomic mass is 16.5. The van der Waals surface area contributed by atoms with E-state index in [-0.39, 0.29) is 0 Å². The molecule has 1 fully saturated rings. The zero-order valence-corrected chi connectivity index (χ0v) is 10.1. The Morgan fingerprint density at radius 3 is 3.06 bits per heavy atom. The summed E-state index contributed by atoms with van der Waals surface area (Å²) in [4.78, 5) is 0. The van der Waals surface area contributed by atoms with Crippen LogP contribution in [0.25, 0.3) is 0 Å². The second kappa shape index (κ2) is 5.51. The zero-order chi connectivity index (χ0) is 11.4. The van der Waals surface area contributed by atoms with E-state index in [0.29, 0.717) is 18.1 Å². The third kappa shape index (κ3) is 2.47. The fraction of sp³-hybridized carbons (Fsp3) is 0.692. The van der Waals surface area contributed by atoms with Gasteiger partial charge in [0.2, 0.25) is 0 Å². The first-order valence-corrected chi connectivity index (χ1v) is 6.15. The van der Waals surface area contributed by atoms with E-state index in [0.717, 1.165) is 19.4 Å². The molecule has 2 heterocycles. The number of hydrogen-bond acceptors (Lipinski definition) is 3. The van der Waals surface area contributed by atoms with Gasteiger partial charge in [0.15, 0.2) is 0 Å². The number of likely N-dealkylation sites (N-methyl/N-ethyl adjacent to an activating group) is 1. The van der Waals surface area contributed by atoms with Crippen LogP contribution >= 0.6 is 0 Å². The van der Waals surface area contributed by atoms with Gasteiger partial charge in [-0.1, -0.05) is 6.92 Å². The minimum absolute atomic E-state index is 0.421. The maximum Gasteiger partial charge on any atom is 0.0935 e. The van der Waals surface area contributed by atoms with Gasteiger partial charge in [0, 0.05) is 18.6 Å². The molecule has 1 aliphatic rings. The van der Waals surface area contributed by atoms with Crippen molar-refractivity contribution in [3.63, 3.8) is 0 Å². The molecule has 0 bridgehead atoms. The Hall–Kier alpha value is -0.800. The quantitative estimate of drug-likeness (QED) is 0.831. The van der Waals surface area contributed by atoms with Crippen LogP contribution in [0, 0.1) is 5.92 Å². The lowest BCUT2D eigenvalue weighted by Gasteiger charge is -2.26. The predicted molar refractivity (Wildman–Crippen MR) is 63.4 cm³/mol. The molecule has 0 aromatic carbocycles. The van der Waals surface area contributed by atoms with Gasteiger partial charge in [-0.3, -0.25) is 0 Å². The minimum atomic E-state index is 0.421. The van der Waals surface area contributed by atoms with Crippen LogP contribution in [0.3, 0.4) is 0 Å². The Bertz CT molecular complexity index is 297. The van der Waals surface area contributed by atoms with Crippen molar-refractivity contribution in [3.8, 4) is 0 Å². The first-order valence-electron chi connectivity index (χ1n) is 6.15. The van der Waals surface area contributed by atoms with Crippen molar-refractivity contribution < 1.29 is 9.15 Å². The molecule has 1 N–H and O–H groups in total. The molecule has 1 aliphatic heterocycles. The molecule has 16 heavy (non-hydrogen) atoms. The van der Waals surface area contributed by atoms with Crippen LogP contribution in [0.15, 0.2) is 23.0 Å². The second-order valence-corrected chi connectivity index (χ2v) is 4.50. The van der Waals surface area contributed by atoms with Crippen LogP contribution in [0.2, 0.25) is 0 Å². The molecule has 3 atom stereocenters. The molecule has 1 aromatic heterocycles. The molecule has 1 aromatic rings. The maximum absolute atomic E-state index is 5.75.